The molecule has 0 saturated carbocycles. The van der Waals surface area contributed by atoms with Gasteiger partial charge in [0.1, 0.15) is 5.82 Å². The number of rotatable bonds is 4. The molecule has 7 heteroatoms. The highest BCUT2D eigenvalue weighted by molar-refractivity contribution is 7.09. The van der Waals surface area contributed by atoms with Crippen LogP contribution in [0.5, 0.6) is 0 Å². The minimum Gasteiger partial charge on any atom is -0.327 e. The molecule has 0 bridgehead atoms. The summed E-state index contributed by atoms with van der Waals surface area (Å²) in [6, 6.07) is 3.62. The van der Waals surface area contributed by atoms with E-state index in [1.165, 1.54) is 0 Å². The van der Waals surface area contributed by atoms with Gasteiger partial charge >= 0.3 is 0 Å². The zero-order valence-corrected chi connectivity index (χ0v) is 14.3. The Balaban J connectivity index is 1.97. The van der Waals surface area contributed by atoms with Gasteiger partial charge in [0.05, 0.1) is 32.0 Å². The highest BCUT2D eigenvalue weighted by atomic mass is 35.5. The van der Waals surface area contributed by atoms with Crippen LogP contribution < -0.4 is 0 Å². The molecular formula is C14H12Cl3N3S. The molecule has 0 saturated heterocycles. The van der Waals surface area contributed by atoms with Crippen LogP contribution in [0, 0.1) is 6.92 Å². The van der Waals surface area contributed by atoms with Crippen LogP contribution in [0.3, 0.4) is 0 Å². The van der Waals surface area contributed by atoms with E-state index in [0.717, 1.165) is 40.5 Å². The third-order valence-corrected chi connectivity index (χ3v) is 5.19. The molecule has 0 unspecified atom stereocenters. The molecule has 1 aromatic carbocycles. The standard InChI is InChI=1S/C14H12Cl3N3S/c1-8-7-21-14(18-8)2-3-20-12-5-10(17)9(16)4-11(12)19-13(20)6-15/h4-5,7H,2-3,6H2,1H3. The molecule has 3 rings (SSSR count). The number of hydrogen-bond donors (Lipinski definition) is 0. The summed E-state index contributed by atoms with van der Waals surface area (Å²) in [6.45, 7) is 2.77. The van der Waals surface area contributed by atoms with Crippen LogP contribution in [0.25, 0.3) is 11.0 Å². The van der Waals surface area contributed by atoms with Crippen molar-refractivity contribution in [1.29, 1.82) is 0 Å². The number of nitrogens with zero attached hydrogens (tertiary/aromatic N) is 3. The van der Waals surface area contributed by atoms with E-state index in [1.54, 1.807) is 17.4 Å². The largest absolute Gasteiger partial charge is 0.327 e. The summed E-state index contributed by atoms with van der Waals surface area (Å²) in [4.78, 5) is 9.00. The van der Waals surface area contributed by atoms with Crippen LogP contribution in [0.2, 0.25) is 10.0 Å². The molecule has 0 atom stereocenters. The molecule has 0 amide bonds. The van der Waals surface area contributed by atoms with Crippen LogP contribution in [0.15, 0.2) is 17.5 Å². The number of hydrogen-bond acceptors (Lipinski definition) is 3. The minimum absolute atomic E-state index is 0.348. The summed E-state index contributed by atoms with van der Waals surface area (Å²) in [5.74, 6) is 1.17. The molecule has 0 spiro atoms. The van der Waals surface area contributed by atoms with Gasteiger partial charge in [0.2, 0.25) is 0 Å². The molecule has 0 fully saturated rings. The van der Waals surface area contributed by atoms with Gasteiger partial charge in [-0.25, -0.2) is 9.97 Å². The first kappa shape index (κ1) is 15.1. The lowest BCUT2D eigenvalue weighted by atomic mass is 10.3. The van der Waals surface area contributed by atoms with Gasteiger partial charge < -0.3 is 4.57 Å². The highest BCUT2D eigenvalue weighted by Crippen LogP contribution is 2.29. The van der Waals surface area contributed by atoms with E-state index < -0.39 is 0 Å². The summed E-state index contributed by atoms with van der Waals surface area (Å²) in [7, 11) is 0. The fraction of sp³-hybridized carbons (Fsp3) is 0.286. The minimum atomic E-state index is 0.348. The van der Waals surface area contributed by atoms with E-state index >= 15 is 0 Å². The number of benzene rings is 1. The maximum Gasteiger partial charge on any atom is 0.124 e. The molecule has 21 heavy (non-hydrogen) atoms. The molecule has 0 aliphatic carbocycles. The van der Waals surface area contributed by atoms with Crippen molar-refractivity contribution in [3.8, 4) is 0 Å². The molecule has 2 heterocycles. The Morgan fingerprint density at radius 1 is 1.19 bits per heavy atom. The summed E-state index contributed by atoms with van der Waals surface area (Å²) in [5.41, 5.74) is 2.82. The number of fused-ring (bicyclic) bond motifs is 1. The number of aromatic nitrogens is 3. The Morgan fingerprint density at radius 2 is 1.95 bits per heavy atom. The second-order valence-electron chi connectivity index (χ2n) is 4.70. The predicted molar refractivity (Wildman–Crippen MR) is 89.9 cm³/mol. The fourth-order valence-electron chi connectivity index (χ4n) is 2.25. The Kier molecular flexibility index (Phi) is 4.41. The molecule has 0 aliphatic rings. The summed E-state index contributed by atoms with van der Waals surface area (Å²) in [6.07, 6.45) is 0.841. The quantitative estimate of drug-likeness (QED) is 0.607. The first-order valence-electron chi connectivity index (χ1n) is 6.39. The molecule has 0 radical (unpaired) electrons. The second-order valence-corrected chi connectivity index (χ2v) is 6.73. The van der Waals surface area contributed by atoms with Gasteiger partial charge in [0.25, 0.3) is 0 Å². The van der Waals surface area contributed by atoms with Crippen LogP contribution in [-0.2, 0) is 18.8 Å². The maximum atomic E-state index is 6.12. The molecule has 3 aromatic rings. The van der Waals surface area contributed by atoms with Gasteiger partial charge in [-0.1, -0.05) is 23.2 Å². The first-order valence-corrected chi connectivity index (χ1v) is 8.56. The van der Waals surface area contributed by atoms with E-state index in [1.807, 2.05) is 13.0 Å². The maximum absolute atomic E-state index is 6.12. The Labute approximate surface area is 141 Å². The Morgan fingerprint density at radius 3 is 2.62 bits per heavy atom. The SMILES string of the molecule is Cc1csc(CCn2c(CCl)nc3cc(Cl)c(Cl)cc32)n1. The monoisotopic (exact) mass is 359 g/mol. The fourth-order valence-corrected chi connectivity index (χ4v) is 3.53. The van der Waals surface area contributed by atoms with Gasteiger partial charge in [-0.2, -0.15) is 0 Å². The predicted octanol–water partition coefficient (Wildman–Crippen LogP) is 5.09. The van der Waals surface area contributed by atoms with Gasteiger partial charge in [0.15, 0.2) is 0 Å². The number of halogens is 3. The Bertz CT molecular complexity index is 794. The van der Waals surface area contributed by atoms with Crippen molar-refractivity contribution < 1.29 is 0 Å². The lowest BCUT2D eigenvalue weighted by Gasteiger charge is -2.06. The normalized spacial score (nSPS) is 11.4. The van der Waals surface area contributed by atoms with E-state index in [9.17, 15) is 0 Å². The van der Waals surface area contributed by atoms with E-state index in [0.29, 0.717) is 15.9 Å². The van der Waals surface area contributed by atoms with Crippen molar-refractivity contribution in [2.75, 3.05) is 0 Å². The summed E-state index contributed by atoms with van der Waals surface area (Å²) >= 11 is 19.8. The zero-order valence-electron chi connectivity index (χ0n) is 11.2. The zero-order chi connectivity index (χ0) is 15.0. The number of aryl methyl sites for hydroxylation is 3. The molecule has 0 aliphatic heterocycles. The van der Waals surface area contributed by atoms with Crippen LogP contribution in [-0.4, -0.2) is 14.5 Å². The number of alkyl halides is 1. The van der Waals surface area contributed by atoms with Crippen molar-refractivity contribution in [2.45, 2.75) is 25.8 Å². The molecule has 2 aromatic heterocycles. The van der Waals surface area contributed by atoms with E-state index in [-0.39, 0.29) is 0 Å². The number of imidazole rings is 1. The van der Waals surface area contributed by atoms with Crippen LogP contribution in [0.1, 0.15) is 16.5 Å². The van der Waals surface area contributed by atoms with Gasteiger partial charge in [-0.3, -0.25) is 0 Å². The topological polar surface area (TPSA) is 30.7 Å². The average Bonchev–Trinajstić information content (AvgIpc) is 3.01. The van der Waals surface area contributed by atoms with Crippen LogP contribution in [0.4, 0.5) is 0 Å². The van der Waals surface area contributed by atoms with Crippen molar-refractivity contribution in [2.24, 2.45) is 0 Å². The van der Waals surface area contributed by atoms with Crippen molar-refractivity contribution in [3.05, 3.63) is 44.1 Å². The first-order chi connectivity index (χ1) is 10.1. The third kappa shape index (κ3) is 3.04. The lowest BCUT2D eigenvalue weighted by Crippen LogP contribution is -2.05. The summed E-state index contributed by atoms with van der Waals surface area (Å²) in [5, 5.41) is 4.19. The van der Waals surface area contributed by atoms with E-state index in [4.69, 9.17) is 34.8 Å². The van der Waals surface area contributed by atoms with E-state index in [2.05, 4.69) is 19.9 Å². The van der Waals surface area contributed by atoms with Gasteiger partial charge in [-0.05, 0) is 19.1 Å². The van der Waals surface area contributed by atoms with Crippen LogP contribution >= 0.6 is 46.1 Å². The highest BCUT2D eigenvalue weighted by Gasteiger charge is 2.13. The Hall–Kier alpha value is -0.810. The average molecular weight is 361 g/mol. The molecular weight excluding hydrogens is 349 g/mol. The van der Waals surface area contributed by atoms with Crippen molar-refractivity contribution >= 4 is 57.2 Å². The van der Waals surface area contributed by atoms with Gasteiger partial charge in [-0.15, -0.1) is 22.9 Å². The number of thiazole rings is 1. The third-order valence-electron chi connectivity index (χ3n) is 3.20. The molecule has 3 nitrogen and oxygen atoms in total. The molecule has 110 valence electrons. The molecule has 0 N–H and O–H groups in total. The van der Waals surface area contributed by atoms with Gasteiger partial charge in [0, 0.05) is 24.0 Å². The second kappa shape index (κ2) is 6.13. The smallest absolute Gasteiger partial charge is 0.124 e. The lowest BCUT2D eigenvalue weighted by molar-refractivity contribution is 0.685. The van der Waals surface area contributed by atoms with Crippen molar-refractivity contribution in [1.82, 2.24) is 14.5 Å². The van der Waals surface area contributed by atoms with Crippen molar-refractivity contribution in [3.63, 3.8) is 0 Å². The summed E-state index contributed by atoms with van der Waals surface area (Å²) < 4.78 is 2.08.